The fraction of sp³-hybridized carbons (Fsp3) is 0.286. The molecule has 5 rings (SSSR count). The van der Waals surface area contributed by atoms with Crippen molar-refractivity contribution in [2.45, 2.75) is 18.9 Å². The maximum absolute atomic E-state index is 12.4. The van der Waals surface area contributed by atoms with E-state index < -0.39 is 0 Å². The van der Waals surface area contributed by atoms with Crippen LogP contribution in [0, 0.1) is 11.3 Å². The highest BCUT2D eigenvalue weighted by atomic mass is 16.5. The summed E-state index contributed by atoms with van der Waals surface area (Å²) in [6.07, 6.45) is 5.03. The Morgan fingerprint density at radius 2 is 1.97 bits per heavy atom. The summed E-state index contributed by atoms with van der Waals surface area (Å²) in [4.78, 5) is 22.8. The number of aromatic nitrogens is 2. The monoisotopic (exact) mass is 497 g/mol. The molecule has 1 saturated heterocycles. The van der Waals surface area contributed by atoms with Crippen molar-refractivity contribution >= 4 is 22.7 Å². The second-order valence-corrected chi connectivity index (χ2v) is 9.06. The van der Waals surface area contributed by atoms with Gasteiger partial charge in [-0.3, -0.25) is 14.8 Å². The Balaban J connectivity index is 1.50. The van der Waals surface area contributed by atoms with Gasteiger partial charge in [-0.2, -0.15) is 5.26 Å². The van der Waals surface area contributed by atoms with Crippen LogP contribution in [-0.2, 0) is 4.74 Å². The number of amides is 1. The normalized spacial score (nSPS) is 13.8. The van der Waals surface area contributed by atoms with Gasteiger partial charge < -0.3 is 24.1 Å². The highest BCUT2D eigenvalue weighted by Gasteiger charge is 2.20. The van der Waals surface area contributed by atoms with Gasteiger partial charge in [-0.1, -0.05) is 6.07 Å². The molecule has 3 aromatic heterocycles. The van der Waals surface area contributed by atoms with Crippen molar-refractivity contribution in [1.82, 2.24) is 14.9 Å². The van der Waals surface area contributed by atoms with Crippen LogP contribution in [0.15, 0.2) is 53.2 Å². The number of furan rings is 1. The van der Waals surface area contributed by atoms with Crippen LogP contribution in [0.1, 0.15) is 28.8 Å². The summed E-state index contributed by atoms with van der Waals surface area (Å²) in [5.74, 6) is 0.701. The zero-order valence-electron chi connectivity index (χ0n) is 20.9. The molecule has 1 aliphatic heterocycles. The maximum Gasteiger partial charge on any atom is 0.258 e. The van der Waals surface area contributed by atoms with E-state index in [9.17, 15) is 10.1 Å². The molecule has 4 heterocycles. The minimum atomic E-state index is -0.201. The van der Waals surface area contributed by atoms with Gasteiger partial charge in [0, 0.05) is 63.4 Å². The number of hydrogen-bond donors (Lipinski definition) is 1. The summed E-state index contributed by atoms with van der Waals surface area (Å²) in [6.45, 7) is 1.45. The standard InChI is InChI=1S/C28H27N5O4/c1-33(2)28(34)21-16-31-23(13-25(21)35-3)26-14-24-27(37-26)20(6-9-30-24)17-4-5-22(18(12-17)15-29)32-19-7-10-36-11-8-19/h4-6,9,12-14,16,19,32H,7-8,10-11H2,1-3H3. The molecule has 37 heavy (non-hydrogen) atoms. The predicted octanol–water partition coefficient (Wildman–Crippen LogP) is 4.73. The zero-order chi connectivity index (χ0) is 25.9. The fourth-order valence-electron chi connectivity index (χ4n) is 4.43. The first-order valence-electron chi connectivity index (χ1n) is 12.0. The summed E-state index contributed by atoms with van der Waals surface area (Å²) < 4.78 is 17.1. The number of nitriles is 1. The maximum atomic E-state index is 12.4. The first kappa shape index (κ1) is 24.3. The second-order valence-electron chi connectivity index (χ2n) is 9.06. The SMILES string of the molecule is COc1cc(-c2cc3nccc(-c4ccc(NC5CCOCC5)c(C#N)c4)c3o2)ncc1C(=O)N(C)C. The number of carbonyl (C=O) groups excluding carboxylic acids is 1. The number of ether oxygens (including phenoxy) is 2. The van der Waals surface area contributed by atoms with Crippen molar-refractivity contribution in [1.29, 1.82) is 5.26 Å². The number of rotatable bonds is 6. The Morgan fingerprint density at radius 3 is 2.70 bits per heavy atom. The molecule has 4 aromatic rings. The summed E-state index contributed by atoms with van der Waals surface area (Å²) in [5, 5.41) is 13.3. The Hall–Kier alpha value is -4.42. The highest BCUT2D eigenvalue weighted by molar-refractivity contribution is 5.97. The van der Waals surface area contributed by atoms with Gasteiger partial charge in [0.05, 0.1) is 23.9 Å². The predicted molar refractivity (Wildman–Crippen MR) is 139 cm³/mol. The quantitative estimate of drug-likeness (QED) is 0.407. The zero-order valence-corrected chi connectivity index (χ0v) is 20.9. The molecule has 188 valence electrons. The number of hydrogen-bond acceptors (Lipinski definition) is 8. The fourth-order valence-corrected chi connectivity index (χ4v) is 4.43. The van der Waals surface area contributed by atoms with E-state index in [1.807, 2.05) is 24.3 Å². The van der Waals surface area contributed by atoms with E-state index in [1.165, 1.54) is 18.2 Å². The van der Waals surface area contributed by atoms with E-state index in [1.54, 1.807) is 32.4 Å². The molecule has 0 radical (unpaired) electrons. The van der Waals surface area contributed by atoms with Gasteiger partial charge in [0.1, 0.15) is 23.0 Å². The number of fused-ring (bicyclic) bond motifs is 1. The van der Waals surface area contributed by atoms with Crippen LogP contribution in [0.4, 0.5) is 5.69 Å². The lowest BCUT2D eigenvalue weighted by molar-refractivity contribution is 0.0823. The van der Waals surface area contributed by atoms with Crippen molar-refractivity contribution in [3.05, 3.63) is 59.9 Å². The van der Waals surface area contributed by atoms with Crippen LogP contribution in [-0.4, -0.2) is 61.2 Å². The number of pyridine rings is 2. The van der Waals surface area contributed by atoms with E-state index >= 15 is 0 Å². The molecule has 1 aliphatic rings. The number of anilines is 1. The largest absolute Gasteiger partial charge is 0.496 e. The minimum absolute atomic E-state index is 0.201. The molecule has 1 aromatic carbocycles. The number of nitrogens with zero attached hydrogens (tertiary/aromatic N) is 4. The first-order chi connectivity index (χ1) is 18.0. The molecule has 0 unspecified atom stereocenters. The van der Waals surface area contributed by atoms with Crippen molar-refractivity contribution < 1.29 is 18.7 Å². The summed E-state index contributed by atoms with van der Waals surface area (Å²) in [5.41, 5.74) is 5.16. The summed E-state index contributed by atoms with van der Waals surface area (Å²) in [6, 6.07) is 13.7. The molecule has 1 N–H and O–H groups in total. The van der Waals surface area contributed by atoms with Crippen LogP contribution < -0.4 is 10.1 Å². The first-order valence-corrected chi connectivity index (χ1v) is 12.0. The highest BCUT2D eigenvalue weighted by Crippen LogP contribution is 2.35. The van der Waals surface area contributed by atoms with Crippen LogP contribution in [0.3, 0.4) is 0 Å². The average molecular weight is 498 g/mol. The molecular formula is C28H27N5O4. The van der Waals surface area contributed by atoms with E-state index in [-0.39, 0.29) is 11.9 Å². The molecule has 9 heteroatoms. The number of carbonyl (C=O) groups is 1. The molecule has 1 amide bonds. The minimum Gasteiger partial charge on any atom is -0.496 e. The lowest BCUT2D eigenvalue weighted by atomic mass is 10.0. The van der Waals surface area contributed by atoms with Gasteiger partial charge in [-0.15, -0.1) is 0 Å². The number of nitrogens with one attached hydrogen (secondary N) is 1. The van der Waals surface area contributed by atoms with Gasteiger partial charge in [0.2, 0.25) is 0 Å². The third-order valence-electron chi connectivity index (χ3n) is 6.42. The van der Waals surface area contributed by atoms with Crippen LogP contribution in [0.25, 0.3) is 33.7 Å². The number of benzene rings is 1. The Kier molecular flexibility index (Phi) is 6.75. The molecule has 0 saturated carbocycles. The summed E-state index contributed by atoms with van der Waals surface area (Å²) in [7, 11) is 4.86. The van der Waals surface area contributed by atoms with E-state index in [4.69, 9.17) is 13.9 Å². The van der Waals surface area contributed by atoms with E-state index in [0.29, 0.717) is 39.4 Å². The Labute approximate surface area is 214 Å². The van der Waals surface area contributed by atoms with Crippen LogP contribution in [0.5, 0.6) is 5.75 Å². The smallest absolute Gasteiger partial charge is 0.258 e. The van der Waals surface area contributed by atoms with Gasteiger partial charge in [0.15, 0.2) is 11.3 Å². The van der Waals surface area contributed by atoms with Crippen molar-refractivity contribution in [2.24, 2.45) is 0 Å². The lowest BCUT2D eigenvalue weighted by Gasteiger charge is -2.24. The van der Waals surface area contributed by atoms with Crippen LogP contribution >= 0.6 is 0 Å². The van der Waals surface area contributed by atoms with Crippen molar-refractivity contribution in [3.8, 4) is 34.4 Å². The van der Waals surface area contributed by atoms with E-state index in [2.05, 4.69) is 21.4 Å². The molecule has 1 fully saturated rings. The average Bonchev–Trinajstić information content (AvgIpc) is 3.38. The van der Waals surface area contributed by atoms with Crippen molar-refractivity contribution in [2.75, 3.05) is 39.7 Å². The van der Waals surface area contributed by atoms with Crippen LogP contribution in [0.2, 0.25) is 0 Å². The summed E-state index contributed by atoms with van der Waals surface area (Å²) >= 11 is 0. The Bertz CT molecular complexity index is 1500. The molecule has 0 spiro atoms. The lowest BCUT2D eigenvalue weighted by Crippen LogP contribution is -2.28. The van der Waals surface area contributed by atoms with Gasteiger partial charge >= 0.3 is 0 Å². The topological polar surface area (TPSA) is 114 Å². The molecule has 9 nitrogen and oxygen atoms in total. The molecular weight excluding hydrogens is 470 g/mol. The molecule has 0 atom stereocenters. The number of methoxy groups -OCH3 is 1. The molecule has 0 aliphatic carbocycles. The van der Waals surface area contributed by atoms with Crippen molar-refractivity contribution in [3.63, 3.8) is 0 Å². The van der Waals surface area contributed by atoms with Gasteiger partial charge in [-0.25, -0.2) is 0 Å². The second kappa shape index (κ2) is 10.3. The third kappa shape index (κ3) is 4.84. The third-order valence-corrected chi connectivity index (χ3v) is 6.42. The molecule has 0 bridgehead atoms. The van der Waals surface area contributed by atoms with Gasteiger partial charge in [-0.05, 0) is 36.6 Å². The van der Waals surface area contributed by atoms with E-state index in [0.717, 1.165) is 42.9 Å². The Morgan fingerprint density at radius 1 is 1.16 bits per heavy atom. The van der Waals surface area contributed by atoms with Gasteiger partial charge in [0.25, 0.3) is 5.91 Å².